The zero-order valence-electron chi connectivity index (χ0n) is 12.5. The Morgan fingerprint density at radius 2 is 1.57 bits per heavy atom. The lowest BCUT2D eigenvalue weighted by Crippen LogP contribution is -2.48. The predicted octanol–water partition coefficient (Wildman–Crippen LogP) is 4.49. The summed E-state index contributed by atoms with van der Waals surface area (Å²) in [7, 11) is 0. The second-order valence-electron chi connectivity index (χ2n) is 6.11. The number of fused-ring (bicyclic) bond motifs is 3. The van der Waals surface area contributed by atoms with Crippen molar-refractivity contribution in [1.29, 1.82) is 0 Å². The van der Waals surface area contributed by atoms with E-state index in [0.717, 1.165) is 6.42 Å². The van der Waals surface area contributed by atoms with Gasteiger partial charge in [0.2, 0.25) is 0 Å². The van der Waals surface area contributed by atoms with Crippen molar-refractivity contribution in [2.45, 2.75) is 31.8 Å². The molecule has 2 aliphatic rings. The number of benzene rings is 2. The zero-order valence-corrected chi connectivity index (χ0v) is 12.5. The maximum absolute atomic E-state index is 2.42. The molecule has 0 N–H and O–H groups in total. The van der Waals surface area contributed by atoms with Crippen LogP contribution in [-0.4, -0.2) is 6.17 Å². The van der Waals surface area contributed by atoms with Gasteiger partial charge in [-0.2, -0.15) is 0 Å². The van der Waals surface area contributed by atoms with Gasteiger partial charge in [-0.1, -0.05) is 50.2 Å². The maximum Gasteiger partial charge on any atom is 0.119 e. The minimum absolute atomic E-state index is 0.135. The molecular formula is C19H20N2. The molecular weight excluding hydrogens is 256 g/mol. The molecule has 4 rings (SSSR count). The van der Waals surface area contributed by atoms with Gasteiger partial charge in [0.25, 0.3) is 0 Å². The largest absolute Gasteiger partial charge is 0.324 e. The molecule has 2 heteroatoms. The minimum atomic E-state index is 0.135. The third-order valence-corrected chi connectivity index (χ3v) is 5.07. The van der Waals surface area contributed by atoms with Crippen LogP contribution in [0.1, 0.15) is 25.8 Å². The van der Waals surface area contributed by atoms with Crippen LogP contribution in [0.3, 0.4) is 0 Å². The molecule has 2 unspecified atom stereocenters. The Kier molecular flexibility index (Phi) is 2.61. The van der Waals surface area contributed by atoms with Crippen molar-refractivity contribution in [2.24, 2.45) is 0 Å². The van der Waals surface area contributed by atoms with Gasteiger partial charge in [0.1, 0.15) is 6.17 Å². The molecule has 0 aromatic heterocycles. The van der Waals surface area contributed by atoms with Crippen molar-refractivity contribution >= 4 is 11.4 Å². The average Bonchev–Trinajstić information content (AvgIpc) is 3.09. The molecule has 0 saturated heterocycles. The van der Waals surface area contributed by atoms with Crippen molar-refractivity contribution in [3.05, 3.63) is 72.6 Å². The minimum Gasteiger partial charge on any atom is -0.324 e. The number of hydrogen-bond acceptors (Lipinski definition) is 2. The van der Waals surface area contributed by atoms with Gasteiger partial charge in [-0.05, 0) is 30.2 Å². The number of nitrogens with zero attached hydrogens (tertiary/aromatic N) is 2. The van der Waals surface area contributed by atoms with E-state index < -0.39 is 0 Å². The topological polar surface area (TPSA) is 6.48 Å². The van der Waals surface area contributed by atoms with E-state index in [1.807, 2.05) is 0 Å². The first-order valence-electron chi connectivity index (χ1n) is 7.65. The molecule has 0 radical (unpaired) electrons. The summed E-state index contributed by atoms with van der Waals surface area (Å²) >= 11 is 0. The van der Waals surface area contributed by atoms with E-state index in [1.165, 1.54) is 16.9 Å². The van der Waals surface area contributed by atoms with E-state index in [4.69, 9.17) is 0 Å². The first-order valence-corrected chi connectivity index (χ1v) is 7.65. The third kappa shape index (κ3) is 1.59. The molecule has 0 amide bonds. The first-order chi connectivity index (χ1) is 10.3. The van der Waals surface area contributed by atoms with Crippen molar-refractivity contribution in [1.82, 2.24) is 0 Å². The SMILES string of the molecule is CCC1(C)c2ccccc2N2C=CN(c3ccccc3)C21. The molecule has 0 bridgehead atoms. The summed E-state index contributed by atoms with van der Waals surface area (Å²) in [5, 5.41) is 0. The lowest BCUT2D eigenvalue weighted by Gasteiger charge is -2.38. The van der Waals surface area contributed by atoms with Gasteiger partial charge >= 0.3 is 0 Å². The Hall–Kier alpha value is -2.22. The van der Waals surface area contributed by atoms with Crippen molar-refractivity contribution < 1.29 is 0 Å². The Bertz CT molecular complexity index is 692. The van der Waals surface area contributed by atoms with Crippen LogP contribution in [0.4, 0.5) is 11.4 Å². The van der Waals surface area contributed by atoms with Gasteiger partial charge in [0.05, 0.1) is 0 Å². The molecule has 0 saturated carbocycles. The van der Waals surface area contributed by atoms with Crippen LogP contribution in [0.5, 0.6) is 0 Å². The van der Waals surface area contributed by atoms with Gasteiger partial charge in [-0.15, -0.1) is 0 Å². The summed E-state index contributed by atoms with van der Waals surface area (Å²) in [5.74, 6) is 0. The molecule has 0 aliphatic carbocycles. The standard InChI is InChI=1S/C19H20N2/c1-3-19(2)16-11-7-8-12-17(16)21-14-13-20(18(19)21)15-9-5-4-6-10-15/h4-14,18H,3H2,1-2H3. The van der Waals surface area contributed by atoms with E-state index in [0.29, 0.717) is 6.17 Å². The van der Waals surface area contributed by atoms with E-state index in [-0.39, 0.29) is 5.41 Å². The monoisotopic (exact) mass is 276 g/mol. The van der Waals surface area contributed by atoms with Gasteiger partial charge in [-0.25, -0.2) is 0 Å². The van der Waals surface area contributed by atoms with Gasteiger partial charge in [0.15, 0.2) is 0 Å². The van der Waals surface area contributed by atoms with E-state index in [9.17, 15) is 0 Å². The molecule has 21 heavy (non-hydrogen) atoms. The number of para-hydroxylation sites is 2. The molecule has 2 nitrogen and oxygen atoms in total. The lowest BCUT2D eigenvalue weighted by molar-refractivity contribution is 0.394. The average molecular weight is 276 g/mol. The molecule has 2 heterocycles. The van der Waals surface area contributed by atoms with Crippen LogP contribution in [0.2, 0.25) is 0 Å². The lowest BCUT2D eigenvalue weighted by atomic mass is 9.79. The van der Waals surface area contributed by atoms with Crippen molar-refractivity contribution in [3.63, 3.8) is 0 Å². The van der Waals surface area contributed by atoms with Gasteiger partial charge < -0.3 is 9.80 Å². The second-order valence-corrected chi connectivity index (χ2v) is 6.11. The van der Waals surface area contributed by atoms with Crippen LogP contribution in [-0.2, 0) is 5.41 Å². The summed E-state index contributed by atoms with van der Waals surface area (Å²) in [4.78, 5) is 4.83. The molecule has 0 fully saturated rings. The Labute approximate surface area is 126 Å². The van der Waals surface area contributed by atoms with E-state index in [1.54, 1.807) is 0 Å². The van der Waals surface area contributed by atoms with E-state index >= 15 is 0 Å². The smallest absolute Gasteiger partial charge is 0.119 e. The summed E-state index contributed by atoms with van der Waals surface area (Å²) in [6, 6.07) is 19.5. The molecule has 2 aliphatic heterocycles. The summed E-state index contributed by atoms with van der Waals surface area (Å²) in [6.07, 6.45) is 5.89. The normalized spacial score (nSPS) is 26.1. The highest BCUT2D eigenvalue weighted by Gasteiger charge is 2.50. The fourth-order valence-electron chi connectivity index (χ4n) is 3.79. The van der Waals surface area contributed by atoms with Gasteiger partial charge in [-0.3, -0.25) is 0 Å². The zero-order chi connectivity index (χ0) is 14.4. The van der Waals surface area contributed by atoms with Crippen LogP contribution >= 0.6 is 0 Å². The van der Waals surface area contributed by atoms with Crippen LogP contribution in [0.15, 0.2) is 67.0 Å². The van der Waals surface area contributed by atoms with Crippen LogP contribution in [0, 0.1) is 0 Å². The Balaban J connectivity index is 1.85. The highest BCUT2D eigenvalue weighted by Crippen LogP contribution is 2.51. The Morgan fingerprint density at radius 1 is 0.905 bits per heavy atom. The number of hydrogen-bond donors (Lipinski definition) is 0. The quantitative estimate of drug-likeness (QED) is 0.797. The number of anilines is 2. The second kappa shape index (κ2) is 4.39. The predicted molar refractivity (Wildman–Crippen MR) is 88.4 cm³/mol. The summed E-state index contributed by atoms with van der Waals surface area (Å²) < 4.78 is 0. The fraction of sp³-hybridized carbons (Fsp3) is 0.263. The number of rotatable bonds is 2. The van der Waals surface area contributed by atoms with Crippen LogP contribution < -0.4 is 9.80 Å². The fourth-order valence-corrected chi connectivity index (χ4v) is 3.79. The highest BCUT2D eigenvalue weighted by atomic mass is 15.4. The Morgan fingerprint density at radius 3 is 2.33 bits per heavy atom. The van der Waals surface area contributed by atoms with E-state index in [2.05, 4.69) is 90.6 Å². The molecule has 2 atom stereocenters. The molecule has 2 aromatic rings. The first kappa shape index (κ1) is 12.5. The molecule has 106 valence electrons. The van der Waals surface area contributed by atoms with Crippen LogP contribution in [0.25, 0.3) is 0 Å². The maximum atomic E-state index is 2.42. The highest BCUT2D eigenvalue weighted by molar-refractivity contribution is 5.72. The van der Waals surface area contributed by atoms with Crippen molar-refractivity contribution in [2.75, 3.05) is 9.80 Å². The molecule has 0 spiro atoms. The van der Waals surface area contributed by atoms with Crippen molar-refractivity contribution in [3.8, 4) is 0 Å². The third-order valence-electron chi connectivity index (χ3n) is 5.07. The van der Waals surface area contributed by atoms with Gasteiger partial charge in [0, 0.05) is 29.2 Å². The molecule has 2 aromatic carbocycles. The summed E-state index contributed by atoms with van der Waals surface area (Å²) in [5.41, 5.74) is 4.20. The summed E-state index contributed by atoms with van der Waals surface area (Å²) in [6.45, 7) is 4.68.